The van der Waals surface area contributed by atoms with Crippen LogP contribution in [-0.4, -0.2) is 16.5 Å². The Labute approximate surface area is 124 Å². The van der Waals surface area contributed by atoms with Gasteiger partial charge in [-0.05, 0) is 26.0 Å². The number of hydrogen-bond donors (Lipinski definition) is 1. The maximum Gasteiger partial charge on any atom is 0.125 e. The van der Waals surface area contributed by atoms with Crippen molar-refractivity contribution in [3.63, 3.8) is 0 Å². The zero-order valence-corrected chi connectivity index (χ0v) is 13.5. The van der Waals surface area contributed by atoms with Gasteiger partial charge in [-0.1, -0.05) is 58.8 Å². The molecule has 1 rings (SSSR count). The zero-order valence-electron chi connectivity index (χ0n) is 13.5. The van der Waals surface area contributed by atoms with Crippen LogP contribution in [0.2, 0.25) is 0 Å². The van der Waals surface area contributed by atoms with Crippen molar-refractivity contribution in [2.24, 2.45) is 0 Å². The fourth-order valence-electron chi connectivity index (χ4n) is 2.58. The van der Waals surface area contributed by atoms with Crippen LogP contribution in [0.15, 0.2) is 12.3 Å². The predicted molar refractivity (Wildman–Crippen MR) is 85.8 cm³/mol. The lowest BCUT2D eigenvalue weighted by Crippen LogP contribution is -2.22. The van der Waals surface area contributed by atoms with Crippen LogP contribution in [0, 0.1) is 6.92 Å². The third kappa shape index (κ3) is 6.99. The van der Waals surface area contributed by atoms with Gasteiger partial charge in [-0.15, -0.1) is 0 Å². The molecule has 1 unspecified atom stereocenters. The Bertz CT molecular complexity index is 352. The zero-order chi connectivity index (χ0) is 14.6. The Morgan fingerprint density at radius 2 is 1.75 bits per heavy atom. The van der Waals surface area contributed by atoms with Crippen molar-refractivity contribution < 1.29 is 0 Å². The van der Waals surface area contributed by atoms with E-state index in [0.29, 0.717) is 6.04 Å². The highest BCUT2D eigenvalue weighted by Crippen LogP contribution is 2.18. The summed E-state index contributed by atoms with van der Waals surface area (Å²) in [5.41, 5.74) is 1.14. The van der Waals surface area contributed by atoms with Crippen LogP contribution in [-0.2, 0) is 0 Å². The number of hydrogen-bond acceptors (Lipinski definition) is 3. The van der Waals surface area contributed by atoms with E-state index in [4.69, 9.17) is 0 Å². The van der Waals surface area contributed by atoms with Crippen molar-refractivity contribution in [3.05, 3.63) is 23.8 Å². The molecule has 1 N–H and O–H groups in total. The lowest BCUT2D eigenvalue weighted by atomic mass is 10.0. The van der Waals surface area contributed by atoms with Gasteiger partial charge in [0, 0.05) is 12.2 Å². The van der Waals surface area contributed by atoms with E-state index >= 15 is 0 Å². The van der Waals surface area contributed by atoms with Crippen LogP contribution in [0.4, 0.5) is 0 Å². The first-order valence-electron chi connectivity index (χ1n) is 8.30. The van der Waals surface area contributed by atoms with Crippen molar-refractivity contribution >= 4 is 0 Å². The summed E-state index contributed by atoms with van der Waals surface area (Å²) in [6.45, 7) is 7.38. The Hall–Kier alpha value is -0.960. The van der Waals surface area contributed by atoms with Gasteiger partial charge in [0.05, 0.1) is 5.69 Å². The molecule has 0 aliphatic rings. The van der Waals surface area contributed by atoms with E-state index < -0.39 is 0 Å². The van der Waals surface area contributed by atoms with Gasteiger partial charge < -0.3 is 5.32 Å². The molecule has 3 heteroatoms. The van der Waals surface area contributed by atoms with Crippen LogP contribution in [0.5, 0.6) is 0 Å². The van der Waals surface area contributed by atoms with Crippen molar-refractivity contribution in [3.8, 4) is 0 Å². The topological polar surface area (TPSA) is 37.8 Å². The molecule has 0 amide bonds. The Morgan fingerprint density at radius 3 is 2.40 bits per heavy atom. The molecule has 1 aromatic heterocycles. The van der Waals surface area contributed by atoms with Gasteiger partial charge in [-0.2, -0.15) is 0 Å². The fraction of sp³-hybridized carbons (Fsp3) is 0.765. The van der Waals surface area contributed by atoms with Crippen LogP contribution in [0.25, 0.3) is 0 Å². The van der Waals surface area contributed by atoms with E-state index in [9.17, 15) is 0 Å². The fourth-order valence-corrected chi connectivity index (χ4v) is 2.58. The number of nitrogens with one attached hydrogen (secondary N) is 1. The van der Waals surface area contributed by atoms with E-state index in [1.165, 1.54) is 51.4 Å². The number of rotatable bonds is 11. The molecule has 1 aromatic rings. The van der Waals surface area contributed by atoms with E-state index in [-0.39, 0.29) is 0 Å². The SMILES string of the molecule is CCCCCCCCCC(NCC)c1ccnc(C)n1. The first kappa shape index (κ1) is 17.1. The first-order chi connectivity index (χ1) is 9.77. The molecule has 0 saturated carbocycles. The average Bonchev–Trinajstić information content (AvgIpc) is 2.45. The molecule has 114 valence electrons. The highest BCUT2D eigenvalue weighted by molar-refractivity contribution is 5.07. The van der Waals surface area contributed by atoms with E-state index in [2.05, 4.69) is 29.1 Å². The molecule has 0 saturated heterocycles. The van der Waals surface area contributed by atoms with Gasteiger partial charge in [0.25, 0.3) is 0 Å². The quantitative estimate of drug-likeness (QED) is 0.602. The van der Waals surface area contributed by atoms with Gasteiger partial charge in [-0.3, -0.25) is 0 Å². The van der Waals surface area contributed by atoms with Gasteiger partial charge in [-0.25, -0.2) is 9.97 Å². The minimum Gasteiger partial charge on any atom is -0.309 e. The van der Waals surface area contributed by atoms with Gasteiger partial charge in [0.2, 0.25) is 0 Å². The van der Waals surface area contributed by atoms with Crippen LogP contribution < -0.4 is 5.32 Å². The minimum atomic E-state index is 0.386. The Balaban J connectivity index is 2.29. The smallest absolute Gasteiger partial charge is 0.125 e. The van der Waals surface area contributed by atoms with Gasteiger partial charge >= 0.3 is 0 Å². The van der Waals surface area contributed by atoms with Crippen molar-refractivity contribution in [1.82, 2.24) is 15.3 Å². The molecule has 0 fully saturated rings. The van der Waals surface area contributed by atoms with Crippen molar-refractivity contribution in [2.75, 3.05) is 6.54 Å². The standard InChI is InChI=1S/C17H31N3/c1-4-6-7-8-9-10-11-12-16(18-5-2)17-13-14-19-15(3)20-17/h13-14,16,18H,4-12H2,1-3H3. The Morgan fingerprint density at radius 1 is 1.05 bits per heavy atom. The first-order valence-corrected chi connectivity index (χ1v) is 8.30. The Kier molecular flexibility index (Phi) is 9.22. The van der Waals surface area contributed by atoms with Gasteiger partial charge in [0.15, 0.2) is 0 Å². The summed E-state index contributed by atoms with van der Waals surface area (Å²) >= 11 is 0. The molecule has 0 bridgehead atoms. The predicted octanol–water partition coefficient (Wildman–Crippen LogP) is 4.58. The second kappa shape index (κ2) is 10.8. The molecule has 1 heterocycles. The third-order valence-corrected chi connectivity index (χ3v) is 3.70. The summed E-state index contributed by atoms with van der Waals surface area (Å²) in [5, 5.41) is 3.55. The monoisotopic (exact) mass is 277 g/mol. The van der Waals surface area contributed by atoms with Crippen molar-refractivity contribution in [1.29, 1.82) is 0 Å². The van der Waals surface area contributed by atoms with E-state index in [1.54, 1.807) is 0 Å². The molecule has 20 heavy (non-hydrogen) atoms. The number of aryl methyl sites for hydroxylation is 1. The van der Waals surface area contributed by atoms with Crippen LogP contribution in [0.1, 0.15) is 82.8 Å². The molecule has 3 nitrogen and oxygen atoms in total. The molecule has 0 aliphatic heterocycles. The summed E-state index contributed by atoms with van der Waals surface area (Å²) < 4.78 is 0. The molecule has 0 aliphatic carbocycles. The second-order valence-corrected chi connectivity index (χ2v) is 5.55. The summed E-state index contributed by atoms with van der Waals surface area (Å²) in [7, 11) is 0. The summed E-state index contributed by atoms with van der Waals surface area (Å²) in [4.78, 5) is 8.74. The van der Waals surface area contributed by atoms with Gasteiger partial charge in [0.1, 0.15) is 5.82 Å². The van der Waals surface area contributed by atoms with E-state index in [0.717, 1.165) is 18.1 Å². The highest BCUT2D eigenvalue weighted by atomic mass is 15.0. The maximum atomic E-state index is 4.56. The number of aromatic nitrogens is 2. The summed E-state index contributed by atoms with van der Waals surface area (Å²) in [6.07, 6.45) is 12.6. The molecular weight excluding hydrogens is 246 g/mol. The lowest BCUT2D eigenvalue weighted by Gasteiger charge is -2.17. The average molecular weight is 277 g/mol. The number of unbranched alkanes of at least 4 members (excludes halogenated alkanes) is 6. The molecule has 1 atom stereocenters. The normalized spacial score (nSPS) is 12.6. The molecule has 0 spiro atoms. The summed E-state index contributed by atoms with van der Waals surface area (Å²) in [6, 6.07) is 2.43. The molecular formula is C17H31N3. The largest absolute Gasteiger partial charge is 0.309 e. The second-order valence-electron chi connectivity index (χ2n) is 5.55. The van der Waals surface area contributed by atoms with Crippen LogP contribution >= 0.6 is 0 Å². The van der Waals surface area contributed by atoms with Crippen LogP contribution in [0.3, 0.4) is 0 Å². The third-order valence-electron chi connectivity index (χ3n) is 3.70. The highest BCUT2D eigenvalue weighted by Gasteiger charge is 2.11. The minimum absolute atomic E-state index is 0.386. The number of nitrogens with zero attached hydrogens (tertiary/aromatic N) is 2. The van der Waals surface area contributed by atoms with E-state index in [1.807, 2.05) is 19.2 Å². The molecule has 0 aromatic carbocycles. The van der Waals surface area contributed by atoms with Crippen molar-refractivity contribution in [2.45, 2.75) is 78.2 Å². The molecule has 0 radical (unpaired) electrons. The maximum absolute atomic E-state index is 4.56. The summed E-state index contributed by atoms with van der Waals surface area (Å²) in [5.74, 6) is 0.866. The lowest BCUT2D eigenvalue weighted by molar-refractivity contribution is 0.466.